The van der Waals surface area contributed by atoms with E-state index in [1.807, 2.05) is 38.1 Å². The molecule has 0 unspecified atom stereocenters. The van der Waals surface area contributed by atoms with Gasteiger partial charge in [0.25, 0.3) is 10.0 Å². The Balaban J connectivity index is 0.00000353. The molecule has 0 atom stereocenters. The maximum atomic E-state index is 13.6. The van der Waals surface area contributed by atoms with Crippen molar-refractivity contribution in [2.75, 3.05) is 50.8 Å². The summed E-state index contributed by atoms with van der Waals surface area (Å²) in [6, 6.07) is 8.53. The second-order valence-corrected chi connectivity index (χ2v) is 14.4. The molecule has 2 saturated heterocycles. The van der Waals surface area contributed by atoms with Crippen molar-refractivity contribution in [1.82, 2.24) is 19.3 Å². The number of anilines is 1. The van der Waals surface area contributed by atoms with Gasteiger partial charge in [-0.2, -0.15) is 4.98 Å². The van der Waals surface area contributed by atoms with Gasteiger partial charge in [-0.05, 0) is 113 Å². The molecule has 2 aliphatic carbocycles. The minimum absolute atomic E-state index is 0. The topological polar surface area (TPSA) is 88.1 Å². The third-order valence-electron chi connectivity index (χ3n) is 9.78. The van der Waals surface area contributed by atoms with Crippen LogP contribution in [0.5, 0.6) is 6.01 Å². The standard InChI is InChI=1S/C31H45N5O4S.ClH/c1-24-5-3-6-25(2)29(24)41(37,38)36(40-23-26-7-8-26)21-22-39-30-32-16-11-28(33-30)35-19-14-31(15-20-35)12-9-27(10-13-31)34-17-4-18-34;/h3,5-6,11,16,26-27H,4,7-10,12-15,17-23H2,1-2H3;1H. The van der Waals surface area contributed by atoms with Crippen LogP contribution >= 0.6 is 12.4 Å². The predicted molar refractivity (Wildman–Crippen MR) is 166 cm³/mol. The molecule has 1 aromatic carbocycles. The normalized spacial score (nSPS) is 21.3. The van der Waals surface area contributed by atoms with Crippen LogP contribution in [0.3, 0.4) is 0 Å². The lowest BCUT2D eigenvalue weighted by atomic mass is 9.66. The summed E-state index contributed by atoms with van der Waals surface area (Å²) in [7, 11) is -3.85. The van der Waals surface area contributed by atoms with Gasteiger partial charge in [-0.1, -0.05) is 22.7 Å². The van der Waals surface area contributed by atoms with Gasteiger partial charge < -0.3 is 14.5 Å². The molecule has 4 fully saturated rings. The molecule has 232 valence electrons. The number of hydrogen-bond donors (Lipinski definition) is 0. The van der Waals surface area contributed by atoms with E-state index >= 15 is 0 Å². The number of likely N-dealkylation sites (tertiary alicyclic amines) is 1. The third-order valence-corrected chi connectivity index (χ3v) is 11.8. The van der Waals surface area contributed by atoms with Crippen molar-refractivity contribution in [2.24, 2.45) is 11.3 Å². The van der Waals surface area contributed by atoms with E-state index in [0.29, 0.717) is 34.0 Å². The molecular formula is C31H46ClN5O4S. The van der Waals surface area contributed by atoms with Gasteiger partial charge in [0.15, 0.2) is 0 Å². The van der Waals surface area contributed by atoms with E-state index in [1.165, 1.54) is 58.0 Å². The molecule has 1 aromatic heterocycles. The number of aryl methyl sites for hydroxylation is 2. The van der Waals surface area contributed by atoms with Crippen LogP contribution in [0, 0.1) is 25.2 Å². The number of nitrogens with zero attached hydrogens (tertiary/aromatic N) is 5. The van der Waals surface area contributed by atoms with Gasteiger partial charge >= 0.3 is 6.01 Å². The van der Waals surface area contributed by atoms with Gasteiger partial charge in [-0.15, -0.1) is 12.4 Å². The van der Waals surface area contributed by atoms with E-state index < -0.39 is 10.0 Å². The first kappa shape index (κ1) is 31.4. The third kappa shape index (κ3) is 7.04. The molecule has 1 spiro atoms. The predicted octanol–water partition coefficient (Wildman–Crippen LogP) is 5.16. The molecule has 2 saturated carbocycles. The number of hydroxylamine groups is 1. The Labute approximate surface area is 257 Å². The molecule has 0 radical (unpaired) electrons. The number of hydrogen-bond acceptors (Lipinski definition) is 8. The highest BCUT2D eigenvalue weighted by Gasteiger charge is 2.40. The summed E-state index contributed by atoms with van der Waals surface area (Å²) in [5.41, 5.74) is 1.90. The summed E-state index contributed by atoms with van der Waals surface area (Å²) in [6.45, 7) is 8.79. The van der Waals surface area contributed by atoms with Gasteiger partial charge in [0.2, 0.25) is 0 Å². The summed E-state index contributed by atoms with van der Waals surface area (Å²) >= 11 is 0. The number of rotatable bonds is 11. The van der Waals surface area contributed by atoms with Crippen LogP contribution in [0.2, 0.25) is 0 Å². The van der Waals surface area contributed by atoms with Gasteiger partial charge in [-0.25, -0.2) is 13.4 Å². The van der Waals surface area contributed by atoms with Crippen LogP contribution in [-0.4, -0.2) is 79.7 Å². The van der Waals surface area contributed by atoms with Gasteiger partial charge in [0, 0.05) is 25.3 Å². The van der Waals surface area contributed by atoms with Crippen molar-refractivity contribution in [3.8, 4) is 6.01 Å². The Kier molecular flexibility index (Phi) is 9.99. The first-order valence-electron chi connectivity index (χ1n) is 15.5. The molecular weight excluding hydrogens is 574 g/mol. The molecule has 6 rings (SSSR count). The molecule has 0 amide bonds. The Morgan fingerprint density at radius 3 is 2.29 bits per heavy atom. The molecule has 2 aliphatic heterocycles. The molecule has 0 N–H and O–H groups in total. The Morgan fingerprint density at radius 1 is 0.976 bits per heavy atom. The molecule has 42 heavy (non-hydrogen) atoms. The van der Waals surface area contributed by atoms with E-state index in [2.05, 4.69) is 14.8 Å². The molecule has 4 aliphatic rings. The van der Waals surface area contributed by atoms with Crippen LogP contribution in [0.4, 0.5) is 5.82 Å². The fraction of sp³-hybridized carbons (Fsp3) is 0.677. The van der Waals surface area contributed by atoms with Gasteiger partial charge in [-0.3, -0.25) is 4.84 Å². The Bertz CT molecular complexity index is 1280. The lowest BCUT2D eigenvalue weighted by Gasteiger charge is -2.49. The monoisotopic (exact) mass is 619 g/mol. The zero-order valence-corrected chi connectivity index (χ0v) is 26.7. The zero-order valence-electron chi connectivity index (χ0n) is 25.0. The lowest BCUT2D eigenvalue weighted by molar-refractivity contribution is -0.0940. The lowest BCUT2D eigenvalue weighted by Crippen LogP contribution is -2.49. The van der Waals surface area contributed by atoms with Gasteiger partial charge in [0.05, 0.1) is 18.0 Å². The number of halogens is 1. The van der Waals surface area contributed by atoms with E-state index in [4.69, 9.17) is 14.6 Å². The number of aromatic nitrogens is 2. The second-order valence-electron chi connectivity index (χ2n) is 12.6. The van der Waals surface area contributed by atoms with E-state index in [0.717, 1.165) is 42.3 Å². The molecule has 3 heterocycles. The Hall–Kier alpha value is -1.98. The molecule has 0 bridgehead atoms. The summed E-state index contributed by atoms with van der Waals surface area (Å²) < 4.78 is 34.2. The van der Waals surface area contributed by atoms with Crippen LogP contribution < -0.4 is 9.64 Å². The molecule has 9 nitrogen and oxygen atoms in total. The summed E-state index contributed by atoms with van der Waals surface area (Å²) in [6.07, 6.45) is 13.1. The maximum Gasteiger partial charge on any atom is 0.318 e. The first-order valence-corrected chi connectivity index (χ1v) is 16.9. The minimum Gasteiger partial charge on any atom is -0.462 e. The van der Waals surface area contributed by atoms with E-state index in [9.17, 15) is 8.42 Å². The quantitative estimate of drug-likeness (QED) is 0.319. The zero-order chi connectivity index (χ0) is 28.5. The molecule has 2 aromatic rings. The van der Waals surface area contributed by atoms with Crippen LogP contribution in [0.25, 0.3) is 0 Å². The fourth-order valence-corrected chi connectivity index (χ4v) is 8.49. The highest BCUT2D eigenvalue weighted by Crippen LogP contribution is 2.46. The second kappa shape index (κ2) is 13.3. The highest BCUT2D eigenvalue weighted by molar-refractivity contribution is 7.89. The average Bonchev–Trinajstić information content (AvgIpc) is 3.76. The van der Waals surface area contributed by atoms with Crippen molar-refractivity contribution < 1.29 is 18.0 Å². The van der Waals surface area contributed by atoms with Gasteiger partial charge in [0.1, 0.15) is 12.4 Å². The highest BCUT2D eigenvalue weighted by atomic mass is 35.5. The fourth-order valence-electron chi connectivity index (χ4n) is 6.82. The molecule has 11 heteroatoms. The number of benzene rings is 1. The van der Waals surface area contributed by atoms with Crippen LogP contribution in [0.15, 0.2) is 35.4 Å². The number of ether oxygens (including phenoxy) is 1. The van der Waals surface area contributed by atoms with Crippen LogP contribution in [0.1, 0.15) is 68.9 Å². The van der Waals surface area contributed by atoms with Crippen molar-refractivity contribution in [3.63, 3.8) is 0 Å². The summed E-state index contributed by atoms with van der Waals surface area (Å²) in [4.78, 5) is 20.2. The summed E-state index contributed by atoms with van der Waals surface area (Å²) in [5.74, 6) is 1.30. The minimum atomic E-state index is -3.85. The largest absolute Gasteiger partial charge is 0.462 e. The average molecular weight is 620 g/mol. The number of piperidine rings is 1. The smallest absolute Gasteiger partial charge is 0.318 e. The first-order chi connectivity index (χ1) is 19.8. The Morgan fingerprint density at radius 2 is 1.67 bits per heavy atom. The SMILES string of the molecule is Cc1cccc(C)c1S(=O)(=O)N(CCOc1nccc(N2CCC3(CCC(N4CCC4)CC3)CC2)n1)OCC1CC1.Cl. The summed E-state index contributed by atoms with van der Waals surface area (Å²) in [5, 5.41) is 0. The number of sulfonamides is 1. The van der Waals surface area contributed by atoms with Crippen molar-refractivity contribution in [2.45, 2.75) is 82.6 Å². The maximum absolute atomic E-state index is 13.6. The van der Waals surface area contributed by atoms with Crippen molar-refractivity contribution in [1.29, 1.82) is 0 Å². The van der Waals surface area contributed by atoms with E-state index in [-0.39, 0.29) is 31.6 Å². The van der Waals surface area contributed by atoms with Crippen molar-refractivity contribution in [3.05, 3.63) is 41.6 Å². The van der Waals surface area contributed by atoms with Crippen molar-refractivity contribution >= 4 is 28.2 Å². The van der Waals surface area contributed by atoms with E-state index in [1.54, 1.807) is 6.20 Å². The van der Waals surface area contributed by atoms with Crippen LogP contribution in [-0.2, 0) is 14.9 Å².